The van der Waals surface area contributed by atoms with E-state index in [9.17, 15) is 19.5 Å². The van der Waals surface area contributed by atoms with E-state index in [0.29, 0.717) is 12.8 Å². The Morgan fingerprint density at radius 2 is 1.63 bits per heavy atom. The number of benzene rings is 2. The molecule has 11 nitrogen and oxygen atoms in total. The van der Waals surface area contributed by atoms with Crippen molar-refractivity contribution in [3.05, 3.63) is 111 Å². The van der Waals surface area contributed by atoms with Gasteiger partial charge in [-0.1, -0.05) is 80.6 Å². The molecule has 4 N–H and O–H groups in total. The van der Waals surface area contributed by atoms with Gasteiger partial charge in [0.25, 0.3) is 0 Å². The van der Waals surface area contributed by atoms with E-state index in [1.54, 1.807) is 19.3 Å². The molecular weight excluding hydrogens is 685 g/mol. The second kappa shape index (κ2) is 19.7. The number of ether oxygens (including phenoxy) is 1. The summed E-state index contributed by atoms with van der Waals surface area (Å²) in [5.74, 6) is -0.593. The van der Waals surface area contributed by atoms with E-state index in [1.165, 1.54) is 27.8 Å². The number of carbonyl (C=O) groups is 3. The number of nitrogens with one attached hydrogen (secondary N) is 3. The van der Waals surface area contributed by atoms with Gasteiger partial charge in [-0.3, -0.25) is 4.79 Å². The van der Waals surface area contributed by atoms with E-state index in [4.69, 9.17) is 4.74 Å². The summed E-state index contributed by atoms with van der Waals surface area (Å²) in [6.07, 6.45) is 2.82. The number of hydrogen-bond acceptors (Lipinski definition) is 9. The van der Waals surface area contributed by atoms with Crippen LogP contribution in [0.2, 0.25) is 0 Å². The maximum Gasteiger partial charge on any atom is 0.407 e. The zero-order chi connectivity index (χ0) is 36.8. The van der Waals surface area contributed by atoms with Crippen LogP contribution in [0.5, 0.6) is 0 Å². The van der Waals surface area contributed by atoms with Gasteiger partial charge in [0.2, 0.25) is 5.91 Å². The number of carbonyl (C=O) groups excluding carboxylic acids is 3. The van der Waals surface area contributed by atoms with Crippen LogP contribution in [-0.4, -0.2) is 68.7 Å². The van der Waals surface area contributed by atoms with Gasteiger partial charge < -0.3 is 30.7 Å². The largest absolute Gasteiger partial charge is 0.444 e. The Morgan fingerprint density at radius 3 is 2.24 bits per heavy atom. The molecule has 0 fully saturated rings. The highest BCUT2D eigenvalue weighted by Crippen LogP contribution is 2.20. The van der Waals surface area contributed by atoms with Gasteiger partial charge in [-0.05, 0) is 73.3 Å². The Bertz CT molecular complexity index is 1700. The van der Waals surface area contributed by atoms with Gasteiger partial charge in [-0.25, -0.2) is 18.9 Å². The van der Waals surface area contributed by atoms with Crippen molar-refractivity contribution < 1.29 is 24.2 Å². The predicted molar refractivity (Wildman–Crippen MR) is 202 cm³/mol. The van der Waals surface area contributed by atoms with Crippen LogP contribution in [0.3, 0.4) is 0 Å². The lowest BCUT2D eigenvalue weighted by Crippen LogP contribution is -2.55. The molecule has 0 saturated heterocycles. The van der Waals surface area contributed by atoms with Gasteiger partial charge in [-0.15, -0.1) is 11.3 Å². The van der Waals surface area contributed by atoms with Gasteiger partial charge in [0.15, 0.2) is 0 Å². The fourth-order valence-electron chi connectivity index (χ4n) is 5.41. The second-order valence-electron chi connectivity index (χ2n) is 12.8. The first-order valence-electron chi connectivity index (χ1n) is 17.0. The fraction of sp³-hybridized carbons (Fsp3) is 0.395. The molecule has 272 valence electrons. The van der Waals surface area contributed by atoms with Crippen molar-refractivity contribution in [2.75, 3.05) is 7.05 Å². The lowest BCUT2D eigenvalue weighted by molar-refractivity contribution is -0.124. The van der Waals surface area contributed by atoms with Crippen LogP contribution in [0.4, 0.5) is 9.59 Å². The molecule has 2 heterocycles. The third-order valence-electron chi connectivity index (χ3n) is 8.40. The Kier molecular flexibility index (Phi) is 15.1. The molecule has 0 aliphatic rings. The van der Waals surface area contributed by atoms with Crippen molar-refractivity contribution in [1.82, 2.24) is 30.2 Å². The highest BCUT2D eigenvalue weighted by Gasteiger charge is 2.31. The fourth-order valence-corrected chi connectivity index (χ4v) is 6.75. The molecule has 4 amide bonds. The van der Waals surface area contributed by atoms with Crippen LogP contribution in [0.25, 0.3) is 5.57 Å². The number of allylic oxidation sites excluding steroid dienone is 2. The van der Waals surface area contributed by atoms with Gasteiger partial charge in [-0.2, -0.15) is 0 Å². The van der Waals surface area contributed by atoms with Gasteiger partial charge in [0.1, 0.15) is 17.7 Å². The van der Waals surface area contributed by atoms with Crippen molar-refractivity contribution in [3.8, 4) is 0 Å². The molecule has 4 atom stereocenters. The lowest BCUT2D eigenvalue weighted by atomic mass is 9.93. The maximum absolute atomic E-state index is 13.9. The summed E-state index contributed by atoms with van der Waals surface area (Å²) >= 11 is 2.77. The van der Waals surface area contributed by atoms with Gasteiger partial charge >= 0.3 is 12.1 Å². The summed E-state index contributed by atoms with van der Waals surface area (Å²) in [5.41, 5.74) is 3.72. The number of aliphatic hydroxyl groups excluding tert-OH is 1. The summed E-state index contributed by atoms with van der Waals surface area (Å²) in [6.45, 7) is 8.05. The van der Waals surface area contributed by atoms with E-state index in [0.717, 1.165) is 32.3 Å². The quantitative estimate of drug-likeness (QED) is 0.101. The molecule has 0 saturated carbocycles. The minimum Gasteiger partial charge on any atom is -0.444 e. The van der Waals surface area contributed by atoms with Crippen molar-refractivity contribution in [2.24, 2.45) is 5.92 Å². The normalized spacial score (nSPS) is 13.9. The van der Waals surface area contributed by atoms with Crippen molar-refractivity contribution in [2.45, 2.75) is 84.3 Å². The third-order valence-corrected chi connectivity index (χ3v) is 10.1. The number of nitrogens with zero attached hydrogens (tertiary/aromatic N) is 3. The van der Waals surface area contributed by atoms with Crippen LogP contribution in [-0.2, 0) is 35.5 Å². The predicted octanol–water partition coefficient (Wildman–Crippen LogP) is 6.21. The monoisotopic (exact) mass is 732 g/mol. The summed E-state index contributed by atoms with van der Waals surface area (Å²) in [6, 6.07) is 18.5. The number of rotatable bonds is 17. The number of urea groups is 1. The van der Waals surface area contributed by atoms with Crippen LogP contribution < -0.4 is 16.0 Å². The van der Waals surface area contributed by atoms with Crippen molar-refractivity contribution in [1.29, 1.82) is 0 Å². The molecule has 2 aromatic carbocycles. The van der Waals surface area contributed by atoms with E-state index >= 15 is 0 Å². The summed E-state index contributed by atoms with van der Waals surface area (Å²) < 4.78 is 9.46. The minimum atomic E-state index is -1.05. The Labute approximate surface area is 308 Å². The van der Waals surface area contributed by atoms with Crippen LogP contribution >= 0.6 is 22.9 Å². The zero-order valence-corrected chi connectivity index (χ0v) is 31.4. The second-order valence-corrected chi connectivity index (χ2v) is 14.6. The first-order chi connectivity index (χ1) is 24.5. The number of alkyl carbamates (subject to hydrolysis) is 1. The zero-order valence-electron chi connectivity index (χ0n) is 29.7. The molecule has 0 aliphatic carbocycles. The van der Waals surface area contributed by atoms with Gasteiger partial charge in [0.05, 0.1) is 29.3 Å². The average molecular weight is 733 g/mol. The van der Waals surface area contributed by atoms with Crippen LogP contribution in [0, 0.1) is 5.92 Å². The van der Waals surface area contributed by atoms with Crippen molar-refractivity contribution in [3.63, 3.8) is 0 Å². The molecule has 0 bridgehead atoms. The highest BCUT2D eigenvalue weighted by molar-refractivity contribution is 7.10. The smallest absolute Gasteiger partial charge is 0.407 e. The molecule has 0 radical (unpaired) electrons. The number of hydrogen-bond donors (Lipinski definition) is 4. The average Bonchev–Trinajstić information content (AvgIpc) is 3.82. The van der Waals surface area contributed by atoms with E-state index in [-0.39, 0.29) is 31.4 Å². The third kappa shape index (κ3) is 12.6. The number of aliphatic hydroxyl groups is 1. The SMILES string of the molecule is CC=C(C)c1nc(CN(C)C(=O)N[C@H](C(=O)N[C@@H](Cc2ccccc2)C[C@H](O)[C@H](Cc2ccccc2)NC(=O)OCc2ccns2)C(C)C)cs1. The lowest BCUT2D eigenvalue weighted by Gasteiger charge is -2.30. The summed E-state index contributed by atoms with van der Waals surface area (Å²) in [4.78, 5) is 47.0. The molecule has 51 heavy (non-hydrogen) atoms. The molecule has 0 unspecified atom stereocenters. The van der Waals surface area contributed by atoms with E-state index in [2.05, 4.69) is 25.3 Å². The minimum absolute atomic E-state index is 0.0650. The Morgan fingerprint density at radius 1 is 0.961 bits per heavy atom. The van der Waals surface area contributed by atoms with E-state index in [1.807, 2.05) is 99.8 Å². The molecule has 13 heteroatoms. The summed E-state index contributed by atoms with van der Waals surface area (Å²) in [5, 5.41) is 23.4. The molecular formula is C38H48N6O5S2. The summed E-state index contributed by atoms with van der Waals surface area (Å²) in [7, 11) is 1.67. The maximum atomic E-state index is 13.9. The number of amides is 4. The molecule has 4 aromatic rings. The van der Waals surface area contributed by atoms with Gasteiger partial charge in [0, 0.05) is 24.7 Å². The topological polar surface area (TPSA) is 146 Å². The van der Waals surface area contributed by atoms with Crippen molar-refractivity contribution >= 4 is 46.5 Å². The number of aromatic nitrogens is 2. The van der Waals surface area contributed by atoms with Crippen LogP contribution in [0.1, 0.15) is 60.8 Å². The first-order valence-corrected chi connectivity index (χ1v) is 18.7. The van der Waals surface area contributed by atoms with Crippen LogP contribution in [0.15, 0.2) is 84.4 Å². The molecule has 0 spiro atoms. The highest BCUT2D eigenvalue weighted by atomic mass is 32.1. The Hall–Kier alpha value is -4.59. The first kappa shape index (κ1) is 39.2. The standard InChI is InChI=1S/C38H48N6O5S2/c1-6-26(4)36-41-30(24-50-36)22-44(5)37(47)43-34(25(2)3)35(46)40-29(19-27-13-9-7-10-14-27)21-33(45)32(20-28-15-11-8-12-16-28)42-38(48)49-23-31-17-18-39-51-31/h6-18,24-25,29,32-34,45H,19-23H2,1-5H3,(H,40,46)(H,42,48)(H,43,47)/t29-,32-,33-,34-/m0/s1. The van der Waals surface area contributed by atoms with E-state index < -0.39 is 36.4 Å². The molecule has 2 aromatic heterocycles. The number of thiazole rings is 1. The Balaban J connectivity index is 1.46. The molecule has 0 aliphatic heterocycles. The molecule has 4 rings (SSSR count).